The summed E-state index contributed by atoms with van der Waals surface area (Å²) >= 11 is 0. The Balaban J connectivity index is 1.51. The molecule has 0 radical (unpaired) electrons. The number of alkyl carbamates (subject to hydrolysis) is 1. The van der Waals surface area contributed by atoms with E-state index in [1.54, 1.807) is 51.1 Å². The van der Waals surface area contributed by atoms with Crippen LogP contribution in [0.5, 0.6) is 0 Å². The third kappa shape index (κ3) is 8.44. The zero-order valence-corrected chi connectivity index (χ0v) is 25.2. The Hall–Kier alpha value is -4.66. The zero-order valence-electron chi connectivity index (χ0n) is 25.2. The summed E-state index contributed by atoms with van der Waals surface area (Å²) in [5.41, 5.74) is 3.93. The number of hydrogen-bond donors (Lipinski definition) is 1. The van der Waals surface area contributed by atoms with E-state index in [9.17, 15) is 19.2 Å². The standard InChI is InChI=1S/C34H38N2O7/c1-22-11-16-28(23(2)17-22)31(38)41-20-25-12-14-26(15-13-25)29(19-35-32(39)43-34(3,4)5)30(37)36-27(21-42-33(36)40)18-24-9-7-6-8-10-24/h6-17,27,29H,18-21H2,1-5H3,(H,35,39)/t27?,29-/m1/s1. The molecule has 3 amide bonds. The van der Waals surface area contributed by atoms with Gasteiger partial charge in [0, 0.05) is 6.54 Å². The first-order chi connectivity index (χ1) is 20.4. The average Bonchev–Trinajstić information content (AvgIpc) is 3.31. The summed E-state index contributed by atoms with van der Waals surface area (Å²) < 4.78 is 16.2. The van der Waals surface area contributed by atoms with Gasteiger partial charge in [-0.25, -0.2) is 19.3 Å². The molecule has 3 aromatic rings. The summed E-state index contributed by atoms with van der Waals surface area (Å²) in [6.45, 7) is 9.08. The van der Waals surface area contributed by atoms with E-state index in [2.05, 4.69) is 5.32 Å². The van der Waals surface area contributed by atoms with Crippen LogP contribution < -0.4 is 5.32 Å². The van der Waals surface area contributed by atoms with Gasteiger partial charge in [0.2, 0.25) is 5.91 Å². The Kier molecular flexibility index (Phi) is 9.85. The van der Waals surface area contributed by atoms with E-state index in [1.807, 2.05) is 56.3 Å². The normalized spacial score (nSPS) is 15.4. The second kappa shape index (κ2) is 13.5. The molecule has 3 aromatic carbocycles. The van der Waals surface area contributed by atoms with E-state index >= 15 is 0 Å². The largest absolute Gasteiger partial charge is 0.457 e. The highest BCUT2D eigenvalue weighted by molar-refractivity contribution is 5.97. The molecule has 226 valence electrons. The van der Waals surface area contributed by atoms with Crippen LogP contribution in [0.4, 0.5) is 9.59 Å². The van der Waals surface area contributed by atoms with E-state index in [1.165, 1.54) is 0 Å². The summed E-state index contributed by atoms with van der Waals surface area (Å²) in [5.74, 6) is -1.81. The molecule has 0 aliphatic carbocycles. The van der Waals surface area contributed by atoms with Gasteiger partial charge in [-0.1, -0.05) is 72.3 Å². The van der Waals surface area contributed by atoms with Crippen molar-refractivity contribution in [2.75, 3.05) is 13.2 Å². The molecule has 4 rings (SSSR count). The number of amides is 3. The van der Waals surface area contributed by atoms with E-state index < -0.39 is 41.6 Å². The van der Waals surface area contributed by atoms with Gasteiger partial charge < -0.3 is 19.5 Å². The van der Waals surface area contributed by atoms with Gasteiger partial charge in [0.25, 0.3) is 0 Å². The first-order valence-corrected chi connectivity index (χ1v) is 14.2. The number of imide groups is 1. The Morgan fingerprint density at radius 1 is 0.977 bits per heavy atom. The van der Waals surface area contributed by atoms with Gasteiger partial charge in [-0.3, -0.25) is 4.79 Å². The Morgan fingerprint density at radius 3 is 2.33 bits per heavy atom. The fraction of sp³-hybridized carbons (Fsp3) is 0.353. The fourth-order valence-electron chi connectivity index (χ4n) is 4.90. The number of nitrogens with one attached hydrogen (secondary N) is 1. The van der Waals surface area contributed by atoms with E-state index in [0.717, 1.165) is 27.2 Å². The molecule has 43 heavy (non-hydrogen) atoms. The second-order valence-corrected chi connectivity index (χ2v) is 11.7. The number of rotatable bonds is 9. The molecule has 0 spiro atoms. The van der Waals surface area contributed by atoms with Crippen molar-refractivity contribution in [1.82, 2.24) is 10.2 Å². The summed E-state index contributed by atoms with van der Waals surface area (Å²) in [4.78, 5) is 52.9. The molecule has 1 fully saturated rings. The smallest absolute Gasteiger partial charge is 0.417 e. The maximum absolute atomic E-state index is 13.9. The first-order valence-electron chi connectivity index (χ1n) is 14.2. The molecule has 1 aliphatic heterocycles. The minimum Gasteiger partial charge on any atom is -0.457 e. The summed E-state index contributed by atoms with van der Waals surface area (Å²) in [7, 11) is 0. The van der Waals surface area contributed by atoms with E-state index in [0.29, 0.717) is 17.5 Å². The molecule has 2 atom stereocenters. The number of esters is 1. The van der Waals surface area contributed by atoms with E-state index in [-0.39, 0.29) is 19.8 Å². The first kappa shape index (κ1) is 31.3. The van der Waals surface area contributed by atoms with Crippen molar-refractivity contribution in [3.63, 3.8) is 0 Å². The van der Waals surface area contributed by atoms with Crippen LogP contribution in [0.25, 0.3) is 0 Å². The fourth-order valence-corrected chi connectivity index (χ4v) is 4.90. The lowest BCUT2D eigenvalue weighted by molar-refractivity contribution is -0.130. The van der Waals surface area contributed by atoms with Crippen LogP contribution in [-0.2, 0) is 32.0 Å². The van der Waals surface area contributed by atoms with E-state index in [4.69, 9.17) is 14.2 Å². The monoisotopic (exact) mass is 586 g/mol. The third-order valence-corrected chi connectivity index (χ3v) is 7.01. The molecule has 1 heterocycles. The van der Waals surface area contributed by atoms with Crippen molar-refractivity contribution in [1.29, 1.82) is 0 Å². The zero-order chi connectivity index (χ0) is 31.1. The topological polar surface area (TPSA) is 111 Å². The van der Waals surface area contributed by atoms with Crippen molar-refractivity contribution >= 4 is 24.1 Å². The number of nitrogens with zero attached hydrogens (tertiary/aromatic N) is 1. The number of ether oxygens (including phenoxy) is 3. The predicted molar refractivity (Wildman–Crippen MR) is 161 cm³/mol. The van der Waals surface area contributed by atoms with Crippen LogP contribution in [-0.4, -0.2) is 53.8 Å². The van der Waals surface area contributed by atoms with Crippen LogP contribution in [0.2, 0.25) is 0 Å². The highest BCUT2D eigenvalue weighted by Gasteiger charge is 2.41. The molecule has 0 bridgehead atoms. The molecule has 1 unspecified atom stereocenters. The van der Waals surface area contributed by atoms with Gasteiger partial charge in [0.15, 0.2) is 0 Å². The van der Waals surface area contributed by atoms with Gasteiger partial charge in [0.05, 0.1) is 17.5 Å². The molecule has 9 heteroatoms. The quantitative estimate of drug-likeness (QED) is 0.247. The van der Waals surface area contributed by atoms with Crippen molar-refractivity contribution in [2.24, 2.45) is 0 Å². The molecule has 9 nitrogen and oxygen atoms in total. The highest BCUT2D eigenvalue weighted by Crippen LogP contribution is 2.26. The van der Waals surface area contributed by atoms with Gasteiger partial charge in [-0.2, -0.15) is 0 Å². The lowest BCUT2D eigenvalue weighted by atomic mass is 9.95. The summed E-state index contributed by atoms with van der Waals surface area (Å²) in [6, 6.07) is 21.6. The molecule has 1 aliphatic rings. The highest BCUT2D eigenvalue weighted by atomic mass is 16.6. The second-order valence-electron chi connectivity index (χ2n) is 11.7. The maximum Gasteiger partial charge on any atom is 0.417 e. The van der Waals surface area contributed by atoms with Crippen molar-refractivity contribution in [2.45, 2.75) is 65.2 Å². The Labute approximate surface area is 252 Å². The number of benzene rings is 3. The van der Waals surface area contributed by atoms with Crippen molar-refractivity contribution in [3.8, 4) is 0 Å². The average molecular weight is 587 g/mol. The molecule has 1 saturated heterocycles. The Bertz CT molecular complexity index is 1460. The van der Waals surface area contributed by atoms with Gasteiger partial charge in [0.1, 0.15) is 18.8 Å². The number of carbonyl (C=O) groups is 4. The molecule has 1 N–H and O–H groups in total. The van der Waals surface area contributed by atoms with Gasteiger partial charge in [-0.05, 0) is 69.4 Å². The number of carbonyl (C=O) groups excluding carboxylic acids is 4. The minimum absolute atomic E-state index is 0.0405. The minimum atomic E-state index is -0.900. The van der Waals surface area contributed by atoms with Crippen LogP contribution in [0.15, 0.2) is 72.8 Å². The summed E-state index contributed by atoms with van der Waals surface area (Å²) in [5, 5.41) is 2.67. The molecule has 0 saturated carbocycles. The maximum atomic E-state index is 13.9. The van der Waals surface area contributed by atoms with Gasteiger partial charge >= 0.3 is 18.2 Å². The number of aryl methyl sites for hydroxylation is 2. The van der Waals surface area contributed by atoms with Crippen LogP contribution in [0.3, 0.4) is 0 Å². The number of cyclic esters (lactones) is 1. The lowest BCUT2D eigenvalue weighted by Crippen LogP contribution is -2.46. The van der Waals surface area contributed by atoms with Crippen molar-refractivity contribution < 1.29 is 33.4 Å². The molecular formula is C34H38N2O7. The van der Waals surface area contributed by atoms with Crippen molar-refractivity contribution in [3.05, 3.63) is 106 Å². The SMILES string of the molecule is Cc1ccc(C(=O)OCc2ccc([C@@H](CNC(=O)OC(C)(C)C)C(=O)N3C(=O)OCC3Cc3ccccc3)cc2)c(C)c1. The lowest BCUT2D eigenvalue weighted by Gasteiger charge is -2.26. The Morgan fingerprint density at radius 2 is 1.67 bits per heavy atom. The molecule has 0 aromatic heterocycles. The predicted octanol–water partition coefficient (Wildman–Crippen LogP) is 5.86. The van der Waals surface area contributed by atoms with Crippen LogP contribution in [0, 0.1) is 13.8 Å². The van der Waals surface area contributed by atoms with Crippen LogP contribution >= 0.6 is 0 Å². The van der Waals surface area contributed by atoms with Crippen LogP contribution in [0.1, 0.15) is 64.9 Å². The number of hydrogen-bond acceptors (Lipinski definition) is 7. The summed E-state index contributed by atoms with van der Waals surface area (Å²) in [6.07, 6.45) is -0.955. The molecular weight excluding hydrogens is 548 g/mol. The third-order valence-electron chi connectivity index (χ3n) is 7.01. The van der Waals surface area contributed by atoms with Gasteiger partial charge in [-0.15, -0.1) is 0 Å².